The van der Waals surface area contributed by atoms with Crippen molar-refractivity contribution in [1.82, 2.24) is 0 Å². The second-order valence-electron chi connectivity index (χ2n) is 11.4. The normalized spacial score (nSPS) is 23.2. The summed E-state index contributed by atoms with van der Waals surface area (Å²) < 4.78 is 30.1. The number of carbonyl (C=O) groups is 1. The van der Waals surface area contributed by atoms with Gasteiger partial charge in [-0.15, -0.1) is 0 Å². The fourth-order valence-electron chi connectivity index (χ4n) is 4.71. The van der Waals surface area contributed by atoms with Gasteiger partial charge in [-0.3, -0.25) is 4.79 Å². The van der Waals surface area contributed by atoms with Crippen LogP contribution in [0.2, 0.25) is 18.1 Å². The Morgan fingerprint density at radius 1 is 1.08 bits per heavy atom. The molecule has 6 nitrogen and oxygen atoms in total. The summed E-state index contributed by atoms with van der Waals surface area (Å²) in [5.41, 5.74) is 1.27. The molecule has 0 fully saturated rings. The molecule has 0 spiro atoms. The molecule has 1 aliphatic carbocycles. The summed E-state index contributed by atoms with van der Waals surface area (Å²) in [6, 6.07) is 16.0. The molecule has 1 aliphatic heterocycles. The van der Waals surface area contributed by atoms with E-state index in [9.17, 15) is 4.79 Å². The third-order valence-corrected chi connectivity index (χ3v) is 12.3. The Balaban J connectivity index is 1.74. The second-order valence-corrected chi connectivity index (χ2v) is 16.1. The minimum absolute atomic E-state index is 0.0814. The molecule has 2 aromatic carbocycles. The van der Waals surface area contributed by atoms with Crippen molar-refractivity contribution in [3.63, 3.8) is 0 Å². The van der Waals surface area contributed by atoms with Crippen molar-refractivity contribution in [3.8, 4) is 11.5 Å². The first-order valence-corrected chi connectivity index (χ1v) is 16.0. The molecule has 0 saturated heterocycles. The quantitative estimate of drug-likeness (QED) is 0.211. The fourth-order valence-corrected chi connectivity index (χ4v) is 6.00. The Bertz CT molecular complexity index is 1110. The number of benzene rings is 2. The summed E-state index contributed by atoms with van der Waals surface area (Å²) in [5, 5.41) is 0.0814. The van der Waals surface area contributed by atoms with Gasteiger partial charge in [-0.1, -0.05) is 69.3 Å². The van der Waals surface area contributed by atoms with Crippen molar-refractivity contribution >= 4 is 14.3 Å². The van der Waals surface area contributed by atoms with Gasteiger partial charge in [0.15, 0.2) is 19.8 Å². The van der Waals surface area contributed by atoms with Crippen LogP contribution in [0.15, 0.2) is 60.7 Å². The summed E-state index contributed by atoms with van der Waals surface area (Å²) in [4.78, 5) is 13.0. The lowest BCUT2D eigenvalue weighted by Crippen LogP contribution is -2.50. The number of rotatable bonds is 9. The van der Waals surface area contributed by atoms with E-state index in [0.29, 0.717) is 31.1 Å². The van der Waals surface area contributed by atoms with Gasteiger partial charge >= 0.3 is 5.97 Å². The number of esters is 1. The Morgan fingerprint density at radius 3 is 2.51 bits per heavy atom. The van der Waals surface area contributed by atoms with Crippen LogP contribution in [0.25, 0.3) is 0 Å². The molecule has 1 heterocycles. The number of ether oxygens (including phenoxy) is 4. The highest BCUT2D eigenvalue weighted by Crippen LogP contribution is 2.46. The zero-order valence-electron chi connectivity index (χ0n) is 22.9. The van der Waals surface area contributed by atoms with Gasteiger partial charge < -0.3 is 23.4 Å². The SMILES string of the molecule is CCOC(=O)C[C@@]1(c2ccc3c(c2)OCO3)C=C[C@H](O[Si](C)(C)C(C)(C)C)C[C@@H]1OCc1ccccc1. The van der Waals surface area contributed by atoms with E-state index in [1.165, 1.54) is 0 Å². The maximum absolute atomic E-state index is 13.0. The standard InChI is InChI=1S/C30H40O6Si/c1-7-32-28(31)19-30(23-13-14-25-26(17-23)35-21-34-25)16-15-24(36-37(5,6)29(2,3)4)18-27(30)33-20-22-11-9-8-10-12-22/h8-17,24,27H,7,18-21H2,1-6H3/t24-,27-,30+/m0/s1. The molecule has 0 N–H and O–H groups in total. The van der Waals surface area contributed by atoms with Crippen LogP contribution in [0.4, 0.5) is 0 Å². The van der Waals surface area contributed by atoms with Crippen LogP contribution in [-0.2, 0) is 30.7 Å². The molecule has 0 unspecified atom stereocenters. The highest BCUT2D eigenvalue weighted by Gasteiger charge is 2.47. The van der Waals surface area contributed by atoms with Crippen molar-refractivity contribution in [2.45, 2.75) is 82.9 Å². The average molecular weight is 525 g/mol. The number of fused-ring (bicyclic) bond motifs is 1. The van der Waals surface area contributed by atoms with Gasteiger partial charge in [-0.2, -0.15) is 0 Å². The molecule has 0 bridgehead atoms. The van der Waals surface area contributed by atoms with Gasteiger partial charge in [0, 0.05) is 6.42 Å². The molecular formula is C30H40O6Si. The van der Waals surface area contributed by atoms with Crippen LogP contribution >= 0.6 is 0 Å². The Morgan fingerprint density at radius 2 is 1.81 bits per heavy atom. The summed E-state index contributed by atoms with van der Waals surface area (Å²) in [7, 11) is -2.03. The van der Waals surface area contributed by atoms with E-state index in [0.717, 1.165) is 11.1 Å². The van der Waals surface area contributed by atoms with Crippen molar-refractivity contribution in [2.24, 2.45) is 0 Å². The lowest BCUT2D eigenvalue weighted by molar-refractivity contribution is -0.146. The average Bonchev–Trinajstić information content (AvgIpc) is 3.32. The highest BCUT2D eigenvalue weighted by molar-refractivity contribution is 6.74. The molecule has 200 valence electrons. The maximum Gasteiger partial charge on any atom is 0.307 e. The van der Waals surface area contributed by atoms with Crippen LogP contribution in [0.5, 0.6) is 11.5 Å². The molecule has 0 radical (unpaired) electrons. The van der Waals surface area contributed by atoms with Crippen LogP contribution in [0.1, 0.15) is 51.7 Å². The monoisotopic (exact) mass is 524 g/mol. The van der Waals surface area contributed by atoms with Crippen molar-refractivity contribution in [3.05, 3.63) is 71.8 Å². The maximum atomic E-state index is 13.0. The second kappa shape index (κ2) is 11.0. The Hall–Kier alpha value is -2.61. The molecule has 2 aromatic rings. The summed E-state index contributed by atoms with van der Waals surface area (Å²) in [6.07, 6.45) is 4.58. The molecule has 2 aliphatic rings. The third kappa shape index (κ3) is 6.11. The molecule has 4 rings (SSSR count). The molecule has 7 heteroatoms. The first-order chi connectivity index (χ1) is 17.5. The zero-order valence-corrected chi connectivity index (χ0v) is 23.9. The number of hydrogen-bond acceptors (Lipinski definition) is 6. The lowest BCUT2D eigenvalue weighted by Gasteiger charge is -2.45. The molecule has 37 heavy (non-hydrogen) atoms. The van der Waals surface area contributed by atoms with Crippen molar-refractivity contribution in [2.75, 3.05) is 13.4 Å². The predicted molar refractivity (Wildman–Crippen MR) is 146 cm³/mol. The van der Waals surface area contributed by atoms with Crippen LogP contribution in [-0.4, -0.2) is 39.9 Å². The van der Waals surface area contributed by atoms with Gasteiger partial charge in [0.1, 0.15) is 0 Å². The number of carbonyl (C=O) groups excluding carboxylic acids is 1. The Labute approximate surface area is 222 Å². The van der Waals surface area contributed by atoms with Gasteiger partial charge in [-0.25, -0.2) is 0 Å². The van der Waals surface area contributed by atoms with E-state index in [2.05, 4.69) is 58.2 Å². The van der Waals surface area contributed by atoms with Gasteiger partial charge in [0.05, 0.1) is 37.3 Å². The molecule has 0 aromatic heterocycles. The highest BCUT2D eigenvalue weighted by atomic mass is 28.4. The summed E-state index contributed by atoms with van der Waals surface area (Å²) in [6.45, 7) is 14.0. The molecule has 0 amide bonds. The predicted octanol–water partition coefficient (Wildman–Crippen LogP) is 6.54. The Kier molecular flexibility index (Phi) is 8.16. The largest absolute Gasteiger partial charge is 0.466 e. The van der Waals surface area contributed by atoms with E-state index in [1.54, 1.807) is 0 Å². The minimum atomic E-state index is -2.03. The van der Waals surface area contributed by atoms with Gasteiger partial charge in [0.2, 0.25) is 6.79 Å². The third-order valence-electron chi connectivity index (χ3n) is 7.83. The first kappa shape index (κ1) is 27.4. The van der Waals surface area contributed by atoms with E-state index in [4.69, 9.17) is 23.4 Å². The first-order valence-electron chi connectivity index (χ1n) is 13.1. The summed E-state index contributed by atoms with van der Waals surface area (Å²) in [5.74, 6) is 1.12. The minimum Gasteiger partial charge on any atom is -0.466 e. The molecular weight excluding hydrogens is 484 g/mol. The fraction of sp³-hybridized carbons (Fsp3) is 0.500. The molecule has 0 saturated carbocycles. The zero-order chi connectivity index (χ0) is 26.7. The van der Waals surface area contributed by atoms with Crippen molar-refractivity contribution < 1.29 is 28.2 Å². The van der Waals surface area contributed by atoms with E-state index in [-0.39, 0.29) is 36.4 Å². The van der Waals surface area contributed by atoms with Crippen LogP contribution in [0, 0.1) is 0 Å². The van der Waals surface area contributed by atoms with Crippen LogP contribution in [0.3, 0.4) is 0 Å². The van der Waals surface area contributed by atoms with Gasteiger partial charge in [-0.05, 0) is 48.3 Å². The van der Waals surface area contributed by atoms with Crippen LogP contribution < -0.4 is 9.47 Å². The smallest absolute Gasteiger partial charge is 0.307 e. The van der Waals surface area contributed by atoms with Crippen molar-refractivity contribution in [1.29, 1.82) is 0 Å². The van der Waals surface area contributed by atoms with Gasteiger partial charge in [0.25, 0.3) is 0 Å². The van der Waals surface area contributed by atoms with E-state index < -0.39 is 13.7 Å². The molecule has 3 atom stereocenters. The summed E-state index contributed by atoms with van der Waals surface area (Å²) >= 11 is 0. The number of hydrogen-bond donors (Lipinski definition) is 0. The lowest BCUT2D eigenvalue weighted by atomic mass is 9.68. The topological polar surface area (TPSA) is 63.2 Å². The van der Waals surface area contributed by atoms with E-state index in [1.807, 2.05) is 43.3 Å². The van der Waals surface area contributed by atoms with E-state index >= 15 is 0 Å².